The van der Waals surface area contributed by atoms with Crippen molar-refractivity contribution in [2.45, 2.75) is 26.3 Å². The molecule has 8 nitrogen and oxygen atoms in total. The second kappa shape index (κ2) is 8.55. The van der Waals surface area contributed by atoms with Crippen molar-refractivity contribution in [2.24, 2.45) is 0 Å². The predicted molar refractivity (Wildman–Crippen MR) is 121 cm³/mol. The first kappa shape index (κ1) is 21.7. The van der Waals surface area contributed by atoms with Crippen molar-refractivity contribution in [1.82, 2.24) is 24.2 Å². The van der Waals surface area contributed by atoms with Gasteiger partial charge in [0.05, 0.1) is 17.3 Å². The van der Waals surface area contributed by atoms with Gasteiger partial charge < -0.3 is 14.9 Å². The molecule has 0 radical (unpaired) electrons. The molecule has 32 heavy (non-hydrogen) atoms. The number of likely N-dealkylation sites (tertiary alicyclic amines) is 1. The molecule has 0 saturated carbocycles. The largest absolute Gasteiger partial charge is 0.505 e. The molecule has 0 aliphatic carbocycles. The van der Waals surface area contributed by atoms with E-state index < -0.39 is 17.7 Å². The molecule has 0 bridgehead atoms. The Morgan fingerprint density at radius 1 is 1.16 bits per heavy atom. The Bertz CT molecular complexity index is 1210. The number of aliphatic hydroxyl groups is 1. The highest BCUT2D eigenvalue weighted by Crippen LogP contribution is 2.39. The second-order valence-electron chi connectivity index (χ2n) is 8.36. The minimum atomic E-state index is -0.685. The number of carbonyl (C=O) groups is 2. The fourth-order valence-electron chi connectivity index (χ4n) is 4.29. The number of Topliss-reactive ketones (excluding diaryl/α,β-unsaturated/α-hetero) is 1. The van der Waals surface area contributed by atoms with E-state index in [2.05, 4.69) is 9.97 Å². The quantitative estimate of drug-likeness (QED) is 0.365. The topological polar surface area (TPSA) is 91.0 Å². The van der Waals surface area contributed by atoms with Gasteiger partial charge in [-0.15, -0.1) is 0 Å². The third-order valence-corrected chi connectivity index (χ3v) is 5.81. The maximum absolute atomic E-state index is 13.2. The Hall–Kier alpha value is -3.52. The van der Waals surface area contributed by atoms with Crippen LogP contribution >= 0.6 is 0 Å². The van der Waals surface area contributed by atoms with Crippen LogP contribution in [-0.2, 0) is 9.59 Å². The normalized spacial score (nSPS) is 18.3. The van der Waals surface area contributed by atoms with Gasteiger partial charge in [-0.05, 0) is 70.2 Å². The number of ketones is 1. The monoisotopic (exact) mass is 433 g/mol. The molecule has 4 heterocycles. The first-order chi connectivity index (χ1) is 15.3. The molecule has 1 N–H and O–H groups in total. The molecule has 8 heteroatoms. The fraction of sp³-hybridized carbons (Fsp3) is 0.333. The lowest BCUT2D eigenvalue weighted by molar-refractivity contribution is -0.139. The van der Waals surface area contributed by atoms with Crippen molar-refractivity contribution < 1.29 is 14.7 Å². The Morgan fingerprint density at radius 2 is 1.88 bits per heavy atom. The predicted octanol–water partition coefficient (Wildman–Crippen LogP) is 2.72. The molecule has 1 unspecified atom stereocenters. The van der Waals surface area contributed by atoms with Crippen molar-refractivity contribution in [3.63, 3.8) is 0 Å². The highest BCUT2D eigenvalue weighted by atomic mass is 16.3. The van der Waals surface area contributed by atoms with E-state index in [9.17, 15) is 14.7 Å². The van der Waals surface area contributed by atoms with Gasteiger partial charge in [0, 0.05) is 25.1 Å². The number of imidazole rings is 1. The number of nitrogens with zero attached hydrogens (tertiary/aromatic N) is 5. The van der Waals surface area contributed by atoms with E-state index >= 15 is 0 Å². The second-order valence-corrected chi connectivity index (χ2v) is 8.36. The van der Waals surface area contributed by atoms with Crippen molar-refractivity contribution in [3.05, 3.63) is 70.9 Å². The summed E-state index contributed by atoms with van der Waals surface area (Å²) in [6.07, 6.45) is 5.75. The van der Waals surface area contributed by atoms with Gasteiger partial charge in [-0.2, -0.15) is 0 Å². The highest BCUT2D eigenvalue weighted by molar-refractivity contribution is 6.46. The lowest BCUT2D eigenvalue weighted by Crippen LogP contribution is -2.32. The van der Waals surface area contributed by atoms with Gasteiger partial charge in [-0.3, -0.25) is 19.0 Å². The fourth-order valence-corrected chi connectivity index (χ4v) is 4.29. The van der Waals surface area contributed by atoms with Crippen LogP contribution < -0.4 is 0 Å². The van der Waals surface area contributed by atoms with E-state index in [4.69, 9.17) is 0 Å². The van der Waals surface area contributed by atoms with Gasteiger partial charge >= 0.3 is 0 Å². The Labute approximate surface area is 186 Å². The lowest BCUT2D eigenvalue weighted by Gasteiger charge is -2.25. The van der Waals surface area contributed by atoms with Crippen LogP contribution in [0.15, 0.2) is 48.4 Å². The summed E-state index contributed by atoms with van der Waals surface area (Å²) in [6, 6.07) is 6.66. The van der Waals surface area contributed by atoms with Crippen LogP contribution in [-0.4, -0.2) is 68.2 Å². The summed E-state index contributed by atoms with van der Waals surface area (Å²) in [6.45, 7) is 4.90. The number of hydrogen-bond donors (Lipinski definition) is 1. The molecule has 1 fully saturated rings. The summed E-state index contributed by atoms with van der Waals surface area (Å²) in [4.78, 5) is 38.4. The standard InChI is InChI=1S/C24H27N5O3/c1-15-7-5-13-28-19(16(2)26-23(15)28)21(30)18-20(17-8-10-25-11-9-17)29(24(32)22(18)31)14-6-12-27(3)4/h5,7-11,13,20,30H,6,12,14H2,1-4H3/b21-18-. The summed E-state index contributed by atoms with van der Waals surface area (Å²) in [7, 11) is 3.92. The number of aryl methyl sites for hydroxylation is 2. The van der Waals surface area contributed by atoms with E-state index in [1.807, 2.05) is 38.1 Å². The molecule has 166 valence electrons. The average Bonchev–Trinajstić information content (AvgIpc) is 3.23. The number of carbonyl (C=O) groups excluding carboxylic acids is 2. The number of aliphatic hydroxyl groups excluding tert-OH is 1. The maximum Gasteiger partial charge on any atom is 0.295 e. The highest BCUT2D eigenvalue weighted by Gasteiger charge is 2.46. The van der Waals surface area contributed by atoms with E-state index in [-0.39, 0.29) is 11.3 Å². The molecular weight excluding hydrogens is 406 g/mol. The molecular formula is C24H27N5O3. The zero-order valence-electron chi connectivity index (χ0n) is 18.7. The zero-order chi connectivity index (χ0) is 23.0. The van der Waals surface area contributed by atoms with Gasteiger partial charge in [-0.1, -0.05) is 6.07 Å². The van der Waals surface area contributed by atoms with E-state index in [1.54, 1.807) is 46.9 Å². The number of amides is 1. The molecule has 4 rings (SSSR count). The third-order valence-electron chi connectivity index (χ3n) is 5.81. The van der Waals surface area contributed by atoms with Crippen molar-refractivity contribution >= 4 is 23.1 Å². The first-order valence-electron chi connectivity index (χ1n) is 10.6. The lowest BCUT2D eigenvalue weighted by atomic mass is 9.97. The zero-order valence-corrected chi connectivity index (χ0v) is 18.7. The van der Waals surface area contributed by atoms with Crippen molar-refractivity contribution in [1.29, 1.82) is 0 Å². The summed E-state index contributed by atoms with van der Waals surface area (Å²) in [5.74, 6) is -1.50. The van der Waals surface area contributed by atoms with Crippen molar-refractivity contribution in [3.8, 4) is 0 Å². The summed E-state index contributed by atoms with van der Waals surface area (Å²) >= 11 is 0. The maximum atomic E-state index is 13.2. The SMILES string of the molecule is Cc1nc2c(C)cccn2c1/C(O)=C1/C(=O)C(=O)N(CCCN(C)C)C1c1ccncc1. The van der Waals surface area contributed by atoms with Crippen molar-refractivity contribution in [2.75, 3.05) is 27.2 Å². The van der Waals surface area contributed by atoms with Gasteiger partial charge in [0.25, 0.3) is 11.7 Å². The van der Waals surface area contributed by atoms with Crippen LogP contribution in [0.4, 0.5) is 0 Å². The molecule has 0 aromatic carbocycles. The van der Waals surface area contributed by atoms with Crippen LogP contribution in [0.1, 0.15) is 35.0 Å². The third kappa shape index (κ3) is 3.67. The number of pyridine rings is 2. The molecule has 3 aromatic heterocycles. The Kier molecular flexibility index (Phi) is 5.80. The van der Waals surface area contributed by atoms with Gasteiger partial charge in [0.1, 0.15) is 11.3 Å². The number of hydrogen-bond acceptors (Lipinski definition) is 6. The van der Waals surface area contributed by atoms with E-state index in [0.29, 0.717) is 30.0 Å². The van der Waals surface area contributed by atoms with Gasteiger partial charge in [0.15, 0.2) is 5.76 Å². The van der Waals surface area contributed by atoms with Crippen LogP contribution in [0, 0.1) is 13.8 Å². The van der Waals surface area contributed by atoms with E-state index in [1.165, 1.54) is 0 Å². The first-order valence-corrected chi connectivity index (χ1v) is 10.6. The van der Waals surface area contributed by atoms with Crippen LogP contribution in [0.2, 0.25) is 0 Å². The summed E-state index contributed by atoms with van der Waals surface area (Å²) < 4.78 is 1.77. The van der Waals surface area contributed by atoms with Crippen LogP contribution in [0.25, 0.3) is 11.4 Å². The summed E-state index contributed by atoms with van der Waals surface area (Å²) in [5, 5.41) is 11.4. The average molecular weight is 434 g/mol. The Morgan fingerprint density at radius 3 is 2.56 bits per heavy atom. The molecule has 1 aliphatic heterocycles. The van der Waals surface area contributed by atoms with Gasteiger partial charge in [-0.25, -0.2) is 4.98 Å². The van der Waals surface area contributed by atoms with E-state index in [0.717, 1.165) is 17.7 Å². The minimum absolute atomic E-state index is 0.0810. The molecule has 1 atom stereocenters. The summed E-state index contributed by atoms with van der Waals surface area (Å²) in [5.41, 5.74) is 3.47. The molecule has 3 aromatic rings. The smallest absolute Gasteiger partial charge is 0.295 e. The molecule has 0 spiro atoms. The number of fused-ring (bicyclic) bond motifs is 1. The number of aromatic nitrogens is 3. The van der Waals surface area contributed by atoms with Gasteiger partial charge in [0.2, 0.25) is 0 Å². The minimum Gasteiger partial charge on any atom is -0.505 e. The molecule has 1 amide bonds. The molecule has 1 aliphatic rings. The molecule has 1 saturated heterocycles. The van der Waals surface area contributed by atoms with Crippen LogP contribution in [0.5, 0.6) is 0 Å². The van der Waals surface area contributed by atoms with Crippen LogP contribution in [0.3, 0.4) is 0 Å². The number of rotatable bonds is 6. The Balaban J connectivity index is 1.88.